The molecule has 0 fully saturated rings. The molecule has 7 nitrogen and oxygen atoms in total. The molecule has 0 radical (unpaired) electrons. The van der Waals surface area contributed by atoms with E-state index in [0.717, 1.165) is 6.07 Å². The fraction of sp³-hybridized carbons (Fsp3) is 0.400. The summed E-state index contributed by atoms with van der Waals surface area (Å²) >= 11 is 5.91. The molecule has 0 saturated carbocycles. The fourth-order valence-corrected chi connectivity index (χ4v) is 2.29. The SMILES string of the molecule is CN=C/C=C\C=C\[C@@H](Nc1nc(Cl)c(C#N)cc1F)[C@H](C)NC(=O)OC(C)(C)C. The number of aromatic nitrogens is 1. The molecule has 0 aliphatic carbocycles. The first-order valence-electron chi connectivity index (χ1n) is 8.85. The quantitative estimate of drug-likeness (QED) is 0.389. The predicted molar refractivity (Wildman–Crippen MR) is 113 cm³/mol. The van der Waals surface area contributed by atoms with Gasteiger partial charge in [0.2, 0.25) is 0 Å². The van der Waals surface area contributed by atoms with Crippen molar-refractivity contribution < 1.29 is 13.9 Å². The minimum absolute atomic E-state index is 0.0662. The molecule has 1 heterocycles. The van der Waals surface area contributed by atoms with E-state index in [-0.39, 0.29) is 16.5 Å². The topological polar surface area (TPSA) is 99.4 Å². The minimum Gasteiger partial charge on any atom is -0.444 e. The van der Waals surface area contributed by atoms with Gasteiger partial charge in [-0.2, -0.15) is 5.26 Å². The molecule has 0 aliphatic heterocycles. The Morgan fingerprint density at radius 3 is 2.69 bits per heavy atom. The van der Waals surface area contributed by atoms with Crippen LogP contribution in [0.3, 0.4) is 0 Å². The van der Waals surface area contributed by atoms with Crippen LogP contribution in [-0.4, -0.2) is 42.0 Å². The molecule has 0 spiro atoms. The van der Waals surface area contributed by atoms with Gasteiger partial charge in [0, 0.05) is 13.3 Å². The summed E-state index contributed by atoms with van der Waals surface area (Å²) in [5.41, 5.74) is -0.720. The summed E-state index contributed by atoms with van der Waals surface area (Å²) in [4.78, 5) is 19.8. The van der Waals surface area contributed by atoms with Crippen LogP contribution in [0.1, 0.15) is 33.3 Å². The first-order valence-corrected chi connectivity index (χ1v) is 9.23. The summed E-state index contributed by atoms with van der Waals surface area (Å²) in [6.45, 7) is 6.99. The molecule has 1 aromatic rings. The maximum Gasteiger partial charge on any atom is 0.407 e. The number of halogens is 2. The van der Waals surface area contributed by atoms with Crippen molar-refractivity contribution in [3.8, 4) is 6.07 Å². The number of nitrogens with one attached hydrogen (secondary N) is 2. The second-order valence-corrected chi connectivity index (χ2v) is 7.41. The first-order chi connectivity index (χ1) is 13.6. The van der Waals surface area contributed by atoms with Gasteiger partial charge in [0.25, 0.3) is 0 Å². The van der Waals surface area contributed by atoms with Gasteiger partial charge in [0.05, 0.1) is 17.6 Å². The highest BCUT2D eigenvalue weighted by molar-refractivity contribution is 6.30. The maximum atomic E-state index is 14.3. The number of ether oxygens (including phenoxy) is 1. The molecular weight excluding hydrogens is 397 g/mol. The van der Waals surface area contributed by atoms with Crippen LogP contribution in [0.15, 0.2) is 35.4 Å². The predicted octanol–water partition coefficient (Wildman–Crippen LogP) is 4.25. The van der Waals surface area contributed by atoms with Crippen molar-refractivity contribution >= 4 is 29.7 Å². The van der Waals surface area contributed by atoms with Crippen molar-refractivity contribution in [2.75, 3.05) is 12.4 Å². The first kappa shape index (κ1) is 24.1. The van der Waals surface area contributed by atoms with Crippen LogP contribution < -0.4 is 10.6 Å². The normalized spacial score (nSPS) is 14.1. The largest absolute Gasteiger partial charge is 0.444 e. The summed E-state index contributed by atoms with van der Waals surface area (Å²) in [5.74, 6) is -0.872. The van der Waals surface area contributed by atoms with Gasteiger partial charge in [0.15, 0.2) is 11.6 Å². The number of hydrogen-bond donors (Lipinski definition) is 2. The molecule has 0 unspecified atom stereocenters. The number of carbonyl (C=O) groups is 1. The van der Waals surface area contributed by atoms with E-state index < -0.39 is 29.6 Å². The molecule has 0 bridgehead atoms. The van der Waals surface area contributed by atoms with Crippen LogP contribution >= 0.6 is 11.6 Å². The molecule has 2 atom stereocenters. The van der Waals surface area contributed by atoms with Crippen LogP contribution in [0.25, 0.3) is 0 Å². The lowest BCUT2D eigenvalue weighted by molar-refractivity contribution is 0.0506. The summed E-state index contributed by atoms with van der Waals surface area (Å²) in [6.07, 6.45) is 7.89. The molecule has 1 amide bonds. The zero-order valence-corrected chi connectivity index (χ0v) is 17.8. The summed E-state index contributed by atoms with van der Waals surface area (Å²) in [5, 5.41) is 14.4. The second kappa shape index (κ2) is 11.2. The Kier molecular flexibility index (Phi) is 9.29. The molecule has 9 heteroatoms. The molecule has 0 aromatic carbocycles. The van der Waals surface area contributed by atoms with Crippen molar-refractivity contribution in [2.24, 2.45) is 4.99 Å². The van der Waals surface area contributed by atoms with Gasteiger partial charge in [-0.05, 0) is 39.8 Å². The van der Waals surface area contributed by atoms with Crippen molar-refractivity contribution in [3.63, 3.8) is 0 Å². The van der Waals surface area contributed by atoms with E-state index in [0.29, 0.717) is 0 Å². The number of nitrogens with zero attached hydrogens (tertiary/aromatic N) is 3. The summed E-state index contributed by atoms with van der Waals surface area (Å²) < 4.78 is 19.6. The number of aliphatic imine (C=N–C) groups is 1. The molecular formula is C20H25ClFN5O2. The van der Waals surface area contributed by atoms with Gasteiger partial charge in [-0.1, -0.05) is 29.8 Å². The van der Waals surface area contributed by atoms with Gasteiger partial charge in [0.1, 0.15) is 16.8 Å². The molecule has 0 aliphatic rings. The van der Waals surface area contributed by atoms with Crippen LogP contribution in [0, 0.1) is 17.1 Å². The van der Waals surface area contributed by atoms with Crippen molar-refractivity contribution in [1.29, 1.82) is 5.26 Å². The van der Waals surface area contributed by atoms with Crippen LogP contribution in [0.4, 0.5) is 15.0 Å². The highest BCUT2D eigenvalue weighted by Crippen LogP contribution is 2.21. The monoisotopic (exact) mass is 421 g/mol. The highest BCUT2D eigenvalue weighted by Gasteiger charge is 2.23. The number of alkyl carbamates (subject to hydrolysis) is 1. The zero-order chi connectivity index (χ0) is 22.0. The molecule has 2 N–H and O–H groups in total. The number of anilines is 1. The van der Waals surface area contributed by atoms with Crippen LogP contribution in [-0.2, 0) is 4.74 Å². The van der Waals surface area contributed by atoms with Gasteiger partial charge in [-0.15, -0.1) is 0 Å². The standard InChI is InChI=1S/C20H25ClFN5O2/c1-13(25-19(28)29-20(2,3)4)16(9-7-6-8-10-24-5)26-18-15(22)11-14(12-23)17(21)27-18/h6-11,13,16H,1-5H3,(H,25,28)(H,26,27)/b8-6-,9-7+,24-10?/t13-,16+/m0/s1. The second-order valence-electron chi connectivity index (χ2n) is 7.05. The fourth-order valence-electron chi connectivity index (χ4n) is 2.11. The van der Waals surface area contributed by atoms with Gasteiger partial charge >= 0.3 is 6.09 Å². The third kappa shape index (κ3) is 8.75. The van der Waals surface area contributed by atoms with Gasteiger partial charge in [-0.3, -0.25) is 4.99 Å². The number of nitriles is 1. The zero-order valence-electron chi connectivity index (χ0n) is 17.0. The van der Waals surface area contributed by atoms with Crippen molar-refractivity contribution in [1.82, 2.24) is 10.3 Å². The van der Waals surface area contributed by atoms with Crippen molar-refractivity contribution in [3.05, 3.63) is 46.9 Å². The van der Waals surface area contributed by atoms with E-state index in [4.69, 9.17) is 21.6 Å². The van der Waals surface area contributed by atoms with Crippen molar-refractivity contribution in [2.45, 2.75) is 45.4 Å². The molecule has 1 aromatic heterocycles. The Bertz CT molecular complexity index is 840. The van der Waals surface area contributed by atoms with E-state index in [1.165, 1.54) is 0 Å². The Hall–Kier alpha value is -2.92. The third-order valence-electron chi connectivity index (χ3n) is 3.41. The Morgan fingerprint density at radius 1 is 1.41 bits per heavy atom. The third-order valence-corrected chi connectivity index (χ3v) is 3.70. The van der Waals surface area contributed by atoms with Gasteiger partial charge in [-0.25, -0.2) is 14.2 Å². The van der Waals surface area contributed by atoms with Crippen LogP contribution in [0.2, 0.25) is 5.15 Å². The van der Waals surface area contributed by atoms with E-state index in [9.17, 15) is 9.18 Å². The number of rotatable bonds is 7. The lowest BCUT2D eigenvalue weighted by Crippen LogP contribution is -2.46. The lowest BCUT2D eigenvalue weighted by Gasteiger charge is -2.26. The smallest absolute Gasteiger partial charge is 0.407 e. The Labute approximate surface area is 175 Å². The van der Waals surface area contributed by atoms with Crippen LogP contribution in [0.5, 0.6) is 0 Å². The summed E-state index contributed by atoms with van der Waals surface area (Å²) in [7, 11) is 1.65. The van der Waals surface area contributed by atoms with Gasteiger partial charge < -0.3 is 15.4 Å². The Balaban J connectivity index is 3.06. The van der Waals surface area contributed by atoms with E-state index in [1.807, 2.05) is 0 Å². The van der Waals surface area contributed by atoms with E-state index >= 15 is 0 Å². The van der Waals surface area contributed by atoms with E-state index in [1.54, 1.807) is 71.3 Å². The number of hydrogen-bond acceptors (Lipinski definition) is 6. The number of amides is 1. The Morgan fingerprint density at radius 2 is 2.10 bits per heavy atom. The average Bonchev–Trinajstić information content (AvgIpc) is 2.61. The molecule has 1 rings (SSSR count). The molecule has 156 valence electrons. The molecule has 0 saturated heterocycles. The number of allylic oxidation sites excluding steroid dienone is 3. The number of pyridine rings is 1. The minimum atomic E-state index is -0.734. The van der Waals surface area contributed by atoms with E-state index in [2.05, 4.69) is 20.6 Å². The average molecular weight is 422 g/mol. The highest BCUT2D eigenvalue weighted by atomic mass is 35.5. The lowest BCUT2D eigenvalue weighted by atomic mass is 10.1. The molecule has 29 heavy (non-hydrogen) atoms. The summed E-state index contributed by atoms with van der Waals surface area (Å²) in [6, 6.07) is 1.72. The number of carbonyl (C=O) groups excluding carboxylic acids is 1. The maximum absolute atomic E-state index is 14.3.